The van der Waals surface area contributed by atoms with Crippen molar-refractivity contribution in [3.05, 3.63) is 32.2 Å². The van der Waals surface area contributed by atoms with E-state index in [1.54, 1.807) is 11.3 Å². The van der Waals surface area contributed by atoms with Crippen molar-refractivity contribution in [2.45, 2.75) is 13.3 Å². The lowest BCUT2D eigenvalue weighted by atomic mass is 10.1. The van der Waals surface area contributed by atoms with Crippen LogP contribution in [-0.4, -0.2) is 0 Å². The molecule has 3 heteroatoms. The van der Waals surface area contributed by atoms with Crippen molar-refractivity contribution in [3.8, 4) is 6.07 Å². The highest BCUT2D eigenvalue weighted by atomic mass is 127. The summed E-state index contributed by atoms with van der Waals surface area (Å²) in [7, 11) is 0. The summed E-state index contributed by atoms with van der Waals surface area (Å²) in [5.74, 6) is 0. The lowest BCUT2D eigenvalue weighted by Crippen LogP contribution is -1.79. The molecule has 0 unspecified atom stereocenters. The van der Waals surface area contributed by atoms with Crippen LogP contribution in [0.15, 0.2) is 18.2 Å². The summed E-state index contributed by atoms with van der Waals surface area (Å²) in [6, 6.07) is 8.46. The molecule has 1 nitrogen and oxygen atoms in total. The van der Waals surface area contributed by atoms with Gasteiger partial charge in [-0.15, -0.1) is 11.3 Å². The number of nitriles is 1. The minimum atomic E-state index is 0.503. The Bertz CT molecular complexity index is 522. The molecule has 0 amide bonds. The zero-order valence-electron chi connectivity index (χ0n) is 7.67. The molecule has 1 aromatic carbocycles. The van der Waals surface area contributed by atoms with Crippen LogP contribution < -0.4 is 0 Å². The third-order valence-corrected chi connectivity index (χ3v) is 4.74. The van der Waals surface area contributed by atoms with Gasteiger partial charge in [-0.05, 0) is 52.1 Å². The molecule has 0 saturated heterocycles. The fourth-order valence-corrected chi connectivity index (χ4v) is 3.44. The first-order valence-electron chi connectivity index (χ1n) is 4.27. The normalized spacial score (nSPS) is 10.4. The van der Waals surface area contributed by atoms with Crippen molar-refractivity contribution in [2.75, 3.05) is 0 Å². The van der Waals surface area contributed by atoms with Crippen molar-refractivity contribution in [2.24, 2.45) is 0 Å². The minimum absolute atomic E-state index is 0.503. The minimum Gasteiger partial charge on any atom is -0.198 e. The van der Waals surface area contributed by atoms with E-state index in [4.69, 9.17) is 5.26 Å². The van der Waals surface area contributed by atoms with Crippen LogP contribution in [0.25, 0.3) is 10.1 Å². The maximum Gasteiger partial charge on any atom is 0.0695 e. The second-order valence-corrected chi connectivity index (χ2v) is 6.03. The fourth-order valence-electron chi connectivity index (χ4n) is 1.44. The van der Waals surface area contributed by atoms with E-state index in [1.807, 2.05) is 6.07 Å². The molecule has 0 atom stereocenters. The maximum absolute atomic E-state index is 8.60. The van der Waals surface area contributed by atoms with Gasteiger partial charge in [0.1, 0.15) is 0 Å². The summed E-state index contributed by atoms with van der Waals surface area (Å²) >= 11 is 4.16. The SMILES string of the molecule is Cc1c(I)sc2cc(CC#N)ccc12. The zero-order valence-corrected chi connectivity index (χ0v) is 10.6. The first-order chi connectivity index (χ1) is 6.72. The quantitative estimate of drug-likeness (QED) is 0.733. The van der Waals surface area contributed by atoms with Crippen LogP contribution in [-0.2, 0) is 6.42 Å². The Kier molecular flexibility index (Phi) is 2.75. The molecule has 0 spiro atoms. The van der Waals surface area contributed by atoms with Gasteiger partial charge < -0.3 is 0 Å². The standard InChI is InChI=1S/C11H8INS/c1-7-9-3-2-8(4-5-13)6-10(9)14-11(7)12/h2-3,6H,4H2,1H3. The molecule has 0 aliphatic heterocycles. The number of nitrogens with zero attached hydrogens (tertiary/aromatic N) is 1. The van der Waals surface area contributed by atoms with Gasteiger partial charge in [0.05, 0.1) is 15.4 Å². The van der Waals surface area contributed by atoms with Crippen LogP contribution in [0.5, 0.6) is 0 Å². The molecule has 1 heterocycles. The van der Waals surface area contributed by atoms with Gasteiger partial charge in [-0.2, -0.15) is 5.26 Å². The molecule has 0 saturated carbocycles. The fraction of sp³-hybridized carbons (Fsp3) is 0.182. The molecule has 0 radical (unpaired) electrons. The van der Waals surface area contributed by atoms with Crippen LogP contribution in [0.1, 0.15) is 11.1 Å². The second-order valence-electron chi connectivity index (χ2n) is 3.17. The van der Waals surface area contributed by atoms with Gasteiger partial charge in [0.15, 0.2) is 0 Å². The number of hydrogen-bond donors (Lipinski definition) is 0. The van der Waals surface area contributed by atoms with Gasteiger partial charge in [0.25, 0.3) is 0 Å². The highest BCUT2D eigenvalue weighted by Gasteiger charge is 2.05. The molecule has 1 aromatic heterocycles. The van der Waals surface area contributed by atoms with E-state index in [1.165, 1.54) is 18.5 Å². The number of halogens is 1. The first kappa shape index (κ1) is 9.94. The van der Waals surface area contributed by atoms with Gasteiger partial charge in [0, 0.05) is 4.70 Å². The summed E-state index contributed by atoms with van der Waals surface area (Å²) in [6.45, 7) is 2.14. The molecule has 2 rings (SSSR count). The molecule has 14 heavy (non-hydrogen) atoms. The number of aryl methyl sites for hydroxylation is 1. The Morgan fingerprint density at radius 1 is 1.50 bits per heavy atom. The smallest absolute Gasteiger partial charge is 0.0695 e. The Morgan fingerprint density at radius 3 is 3.00 bits per heavy atom. The van der Waals surface area contributed by atoms with Crippen LogP contribution in [0.4, 0.5) is 0 Å². The maximum atomic E-state index is 8.60. The van der Waals surface area contributed by atoms with Crippen molar-refractivity contribution in [1.29, 1.82) is 5.26 Å². The van der Waals surface area contributed by atoms with E-state index in [0.717, 1.165) is 5.56 Å². The highest BCUT2D eigenvalue weighted by molar-refractivity contribution is 14.1. The average Bonchev–Trinajstić information content (AvgIpc) is 2.43. The van der Waals surface area contributed by atoms with Crippen LogP contribution in [0.3, 0.4) is 0 Å². The largest absolute Gasteiger partial charge is 0.198 e. The first-order valence-corrected chi connectivity index (χ1v) is 6.16. The molecule has 70 valence electrons. The van der Waals surface area contributed by atoms with Crippen LogP contribution in [0, 0.1) is 21.1 Å². The van der Waals surface area contributed by atoms with Crippen LogP contribution in [0.2, 0.25) is 0 Å². The van der Waals surface area contributed by atoms with E-state index in [-0.39, 0.29) is 0 Å². The highest BCUT2D eigenvalue weighted by Crippen LogP contribution is 2.32. The summed E-state index contributed by atoms with van der Waals surface area (Å²) in [4.78, 5) is 0. The summed E-state index contributed by atoms with van der Waals surface area (Å²) in [6.07, 6.45) is 0.503. The third kappa shape index (κ3) is 1.64. The number of hydrogen-bond acceptors (Lipinski definition) is 2. The number of thiophene rings is 1. The molecule has 2 aromatic rings. The summed E-state index contributed by atoms with van der Waals surface area (Å²) < 4.78 is 2.63. The van der Waals surface area contributed by atoms with Crippen molar-refractivity contribution in [1.82, 2.24) is 0 Å². The van der Waals surface area contributed by atoms with Gasteiger partial charge in [-0.3, -0.25) is 0 Å². The molecule has 0 fully saturated rings. The Labute approximate surface area is 101 Å². The third-order valence-electron chi connectivity index (χ3n) is 2.23. The molecule has 0 bridgehead atoms. The van der Waals surface area contributed by atoms with E-state index < -0.39 is 0 Å². The predicted molar refractivity (Wildman–Crippen MR) is 68.6 cm³/mol. The van der Waals surface area contributed by atoms with Gasteiger partial charge in [-0.1, -0.05) is 12.1 Å². The molecule has 0 aliphatic rings. The van der Waals surface area contributed by atoms with Crippen molar-refractivity contribution >= 4 is 44.0 Å². The monoisotopic (exact) mass is 313 g/mol. The molecular weight excluding hydrogens is 305 g/mol. The topological polar surface area (TPSA) is 23.8 Å². The Hall–Kier alpha value is -0.600. The average molecular weight is 313 g/mol. The Morgan fingerprint density at radius 2 is 2.29 bits per heavy atom. The zero-order chi connectivity index (χ0) is 10.1. The lowest BCUT2D eigenvalue weighted by molar-refractivity contribution is 1.27. The summed E-state index contributed by atoms with van der Waals surface area (Å²) in [5, 5.41) is 9.92. The molecule has 0 aliphatic carbocycles. The lowest BCUT2D eigenvalue weighted by Gasteiger charge is -1.95. The number of benzene rings is 1. The predicted octanol–water partition coefficient (Wildman–Crippen LogP) is 3.88. The second kappa shape index (κ2) is 3.87. The van der Waals surface area contributed by atoms with E-state index >= 15 is 0 Å². The number of rotatable bonds is 1. The summed E-state index contributed by atoms with van der Waals surface area (Å²) in [5.41, 5.74) is 2.46. The van der Waals surface area contributed by atoms with Gasteiger partial charge >= 0.3 is 0 Å². The van der Waals surface area contributed by atoms with E-state index in [9.17, 15) is 0 Å². The number of fused-ring (bicyclic) bond motifs is 1. The van der Waals surface area contributed by atoms with Crippen LogP contribution >= 0.6 is 33.9 Å². The molecule has 0 N–H and O–H groups in total. The van der Waals surface area contributed by atoms with Gasteiger partial charge in [-0.25, -0.2) is 0 Å². The van der Waals surface area contributed by atoms with E-state index in [0.29, 0.717) is 6.42 Å². The van der Waals surface area contributed by atoms with Crippen molar-refractivity contribution in [3.63, 3.8) is 0 Å². The van der Waals surface area contributed by atoms with Crippen molar-refractivity contribution < 1.29 is 0 Å². The van der Waals surface area contributed by atoms with E-state index in [2.05, 4.69) is 47.7 Å². The Balaban J connectivity index is 2.63. The van der Waals surface area contributed by atoms with Gasteiger partial charge in [0.2, 0.25) is 0 Å². The molecular formula is C11H8INS.